The Kier molecular flexibility index (Phi) is 3.46. The lowest BCUT2D eigenvalue weighted by atomic mass is 10.2. The maximum absolute atomic E-state index is 11.5. The van der Waals surface area contributed by atoms with Crippen LogP contribution in [-0.4, -0.2) is 23.3 Å². The average molecular weight is 263 g/mol. The molecule has 2 aromatic rings. The van der Waals surface area contributed by atoms with Crippen LogP contribution in [0.5, 0.6) is 5.75 Å². The van der Waals surface area contributed by atoms with E-state index in [0.717, 1.165) is 11.1 Å². The van der Waals surface area contributed by atoms with Crippen molar-refractivity contribution in [2.45, 2.75) is 33.3 Å². The second-order valence-electron chi connectivity index (χ2n) is 5.30. The Hall–Kier alpha value is -2.04. The molecular formula is C14H17NO4. The van der Waals surface area contributed by atoms with Crippen LogP contribution < -0.4 is 4.74 Å². The fraction of sp³-hybridized carbons (Fsp3) is 0.429. The number of nitrogens with zero attached hydrogens (tertiary/aromatic N) is 1. The molecule has 1 aromatic carbocycles. The molecular weight excluding hydrogens is 246 g/mol. The highest BCUT2D eigenvalue weighted by molar-refractivity contribution is 5.80. The van der Waals surface area contributed by atoms with Crippen LogP contribution in [0.3, 0.4) is 0 Å². The first-order chi connectivity index (χ1) is 8.85. The van der Waals surface area contributed by atoms with E-state index < -0.39 is 11.6 Å². The molecule has 102 valence electrons. The number of aryl methyl sites for hydroxylation is 1. The number of esters is 1. The van der Waals surface area contributed by atoms with Gasteiger partial charge >= 0.3 is 5.97 Å². The summed E-state index contributed by atoms with van der Waals surface area (Å²) in [6.07, 6.45) is 0. The molecule has 0 fully saturated rings. The van der Waals surface area contributed by atoms with Crippen LogP contribution in [0.25, 0.3) is 11.0 Å². The number of hydrogen-bond acceptors (Lipinski definition) is 5. The van der Waals surface area contributed by atoms with Gasteiger partial charge in [0.25, 0.3) is 0 Å². The number of fused-ring (bicyclic) bond motifs is 1. The number of rotatable bonds is 3. The van der Waals surface area contributed by atoms with E-state index in [2.05, 4.69) is 5.16 Å². The molecule has 0 spiro atoms. The average Bonchev–Trinajstić information content (AvgIpc) is 2.66. The zero-order valence-electron chi connectivity index (χ0n) is 11.5. The Morgan fingerprint density at radius 3 is 2.79 bits per heavy atom. The predicted octanol–water partition coefficient (Wildman–Crippen LogP) is 2.86. The Morgan fingerprint density at radius 2 is 2.11 bits per heavy atom. The zero-order valence-corrected chi connectivity index (χ0v) is 11.5. The highest BCUT2D eigenvalue weighted by Gasteiger charge is 2.16. The summed E-state index contributed by atoms with van der Waals surface area (Å²) in [4.78, 5) is 11.5. The first-order valence-corrected chi connectivity index (χ1v) is 6.06. The van der Waals surface area contributed by atoms with Gasteiger partial charge in [-0.25, -0.2) is 4.79 Å². The van der Waals surface area contributed by atoms with Gasteiger partial charge in [-0.05, 0) is 39.8 Å². The van der Waals surface area contributed by atoms with Gasteiger partial charge in [0, 0.05) is 11.5 Å². The van der Waals surface area contributed by atoms with Crippen molar-refractivity contribution in [3.63, 3.8) is 0 Å². The fourth-order valence-corrected chi connectivity index (χ4v) is 1.65. The minimum absolute atomic E-state index is 0.129. The SMILES string of the molecule is Cc1noc2cc(OCC(=O)OC(C)(C)C)ccc12. The zero-order chi connectivity index (χ0) is 14.0. The van der Waals surface area contributed by atoms with E-state index >= 15 is 0 Å². The van der Waals surface area contributed by atoms with Gasteiger partial charge in [-0.1, -0.05) is 5.16 Å². The van der Waals surface area contributed by atoms with E-state index in [4.69, 9.17) is 14.0 Å². The second-order valence-corrected chi connectivity index (χ2v) is 5.30. The van der Waals surface area contributed by atoms with Crippen molar-refractivity contribution in [1.82, 2.24) is 5.16 Å². The molecule has 0 unspecified atom stereocenters. The van der Waals surface area contributed by atoms with E-state index in [1.54, 1.807) is 12.1 Å². The van der Waals surface area contributed by atoms with E-state index in [1.807, 2.05) is 33.8 Å². The van der Waals surface area contributed by atoms with Gasteiger partial charge in [-0.3, -0.25) is 0 Å². The fourth-order valence-electron chi connectivity index (χ4n) is 1.65. The van der Waals surface area contributed by atoms with Crippen molar-refractivity contribution in [2.75, 3.05) is 6.61 Å². The molecule has 0 bridgehead atoms. The smallest absolute Gasteiger partial charge is 0.344 e. The number of carbonyl (C=O) groups is 1. The highest BCUT2D eigenvalue weighted by Crippen LogP contribution is 2.23. The first kappa shape index (κ1) is 13.4. The van der Waals surface area contributed by atoms with E-state index in [-0.39, 0.29) is 6.61 Å². The van der Waals surface area contributed by atoms with Crippen molar-refractivity contribution in [3.8, 4) is 5.75 Å². The summed E-state index contributed by atoms with van der Waals surface area (Å²) >= 11 is 0. The topological polar surface area (TPSA) is 61.6 Å². The molecule has 0 atom stereocenters. The van der Waals surface area contributed by atoms with Gasteiger partial charge in [0.05, 0.1) is 5.69 Å². The molecule has 19 heavy (non-hydrogen) atoms. The third-order valence-corrected chi connectivity index (χ3v) is 2.40. The van der Waals surface area contributed by atoms with Crippen molar-refractivity contribution < 1.29 is 18.8 Å². The standard InChI is InChI=1S/C14H17NO4/c1-9-11-6-5-10(7-12(11)19-15-9)17-8-13(16)18-14(2,3)4/h5-7H,8H2,1-4H3. The lowest BCUT2D eigenvalue weighted by Crippen LogP contribution is -2.27. The molecule has 0 aliphatic carbocycles. The number of hydrogen-bond donors (Lipinski definition) is 0. The van der Waals surface area contributed by atoms with Crippen molar-refractivity contribution in [3.05, 3.63) is 23.9 Å². The molecule has 5 heteroatoms. The van der Waals surface area contributed by atoms with Crippen molar-refractivity contribution in [1.29, 1.82) is 0 Å². The van der Waals surface area contributed by atoms with Crippen molar-refractivity contribution in [2.24, 2.45) is 0 Å². The Morgan fingerprint density at radius 1 is 1.37 bits per heavy atom. The van der Waals surface area contributed by atoms with Crippen LogP contribution in [0.1, 0.15) is 26.5 Å². The summed E-state index contributed by atoms with van der Waals surface area (Å²) in [5.74, 6) is 0.149. The van der Waals surface area contributed by atoms with Crippen LogP contribution in [0.15, 0.2) is 22.7 Å². The summed E-state index contributed by atoms with van der Waals surface area (Å²) < 4.78 is 15.7. The molecule has 0 saturated carbocycles. The van der Waals surface area contributed by atoms with Gasteiger partial charge in [0.2, 0.25) is 0 Å². The molecule has 0 amide bonds. The maximum atomic E-state index is 11.5. The second kappa shape index (κ2) is 4.91. The van der Waals surface area contributed by atoms with Gasteiger partial charge in [-0.15, -0.1) is 0 Å². The number of benzene rings is 1. The number of ether oxygens (including phenoxy) is 2. The number of aromatic nitrogens is 1. The number of carbonyl (C=O) groups excluding carboxylic acids is 1. The minimum Gasteiger partial charge on any atom is -0.482 e. The van der Waals surface area contributed by atoms with Crippen LogP contribution in [0.4, 0.5) is 0 Å². The third kappa shape index (κ3) is 3.47. The van der Waals surface area contributed by atoms with E-state index in [9.17, 15) is 4.79 Å². The molecule has 0 radical (unpaired) electrons. The van der Waals surface area contributed by atoms with Crippen molar-refractivity contribution >= 4 is 16.9 Å². The Bertz CT molecular complexity index is 595. The molecule has 0 aliphatic rings. The summed E-state index contributed by atoms with van der Waals surface area (Å²) in [5.41, 5.74) is 0.958. The lowest BCUT2D eigenvalue weighted by molar-refractivity contribution is -0.157. The van der Waals surface area contributed by atoms with Gasteiger partial charge in [-0.2, -0.15) is 0 Å². The molecule has 0 N–H and O–H groups in total. The first-order valence-electron chi connectivity index (χ1n) is 6.06. The van der Waals surface area contributed by atoms with Crippen LogP contribution in [0, 0.1) is 6.92 Å². The molecule has 0 aliphatic heterocycles. The summed E-state index contributed by atoms with van der Waals surface area (Å²) in [6.45, 7) is 7.18. The summed E-state index contributed by atoms with van der Waals surface area (Å²) in [6, 6.07) is 5.34. The van der Waals surface area contributed by atoms with Crippen LogP contribution in [0.2, 0.25) is 0 Å². The largest absolute Gasteiger partial charge is 0.482 e. The normalized spacial score (nSPS) is 11.6. The lowest BCUT2D eigenvalue weighted by Gasteiger charge is -2.19. The summed E-state index contributed by atoms with van der Waals surface area (Å²) in [5, 5.41) is 4.79. The van der Waals surface area contributed by atoms with Gasteiger partial charge < -0.3 is 14.0 Å². The molecule has 5 nitrogen and oxygen atoms in total. The van der Waals surface area contributed by atoms with Gasteiger partial charge in [0.15, 0.2) is 12.2 Å². The van der Waals surface area contributed by atoms with Crippen LogP contribution >= 0.6 is 0 Å². The molecule has 0 saturated heterocycles. The Balaban J connectivity index is 2.00. The minimum atomic E-state index is -0.507. The molecule has 1 heterocycles. The monoisotopic (exact) mass is 263 g/mol. The van der Waals surface area contributed by atoms with E-state index in [1.165, 1.54) is 0 Å². The predicted molar refractivity (Wildman–Crippen MR) is 70.1 cm³/mol. The summed E-state index contributed by atoms with van der Waals surface area (Å²) in [7, 11) is 0. The molecule has 1 aromatic heterocycles. The molecule has 2 rings (SSSR count). The maximum Gasteiger partial charge on any atom is 0.344 e. The quantitative estimate of drug-likeness (QED) is 0.797. The van der Waals surface area contributed by atoms with E-state index in [0.29, 0.717) is 11.3 Å². The Labute approximate surface area is 111 Å². The van der Waals surface area contributed by atoms with Crippen LogP contribution in [-0.2, 0) is 9.53 Å². The van der Waals surface area contributed by atoms with Gasteiger partial charge in [0.1, 0.15) is 11.4 Å². The third-order valence-electron chi connectivity index (χ3n) is 2.40. The highest BCUT2D eigenvalue weighted by atomic mass is 16.6.